The molecule has 31 heavy (non-hydrogen) atoms. The lowest BCUT2D eigenvalue weighted by atomic mass is 10.1. The smallest absolute Gasteiger partial charge is 0.268 e. The third kappa shape index (κ3) is 6.33. The van der Waals surface area contributed by atoms with E-state index in [-0.39, 0.29) is 11.6 Å². The summed E-state index contributed by atoms with van der Waals surface area (Å²) >= 11 is 5.94. The van der Waals surface area contributed by atoms with Crippen molar-refractivity contribution >= 4 is 29.5 Å². The van der Waals surface area contributed by atoms with Crippen molar-refractivity contribution in [3.05, 3.63) is 88.3 Å². The van der Waals surface area contributed by atoms with Crippen LogP contribution in [0.4, 0.5) is 0 Å². The highest BCUT2D eigenvalue weighted by molar-refractivity contribution is 6.30. The topological polar surface area (TPSA) is 71.3 Å². The molecule has 3 rings (SSSR count). The van der Waals surface area contributed by atoms with Crippen LogP contribution in [-0.4, -0.2) is 17.4 Å². The number of rotatable bonds is 5. The summed E-state index contributed by atoms with van der Waals surface area (Å²) < 4.78 is 5.87. The van der Waals surface area contributed by atoms with E-state index < -0.39 is 11.4 Å². The maximum Gasteiger partial charge on any atom is 0.268 e. The van der Waals surface area contributed by atoms with Crippen molar-refractivity contribution in [1.29, 1.82) is 0 Å². The Balaban J connectivity index is 1.89. The molecule has 0 aliphatic heterocycles. The molecule has 0 saturated heterocycles. The van der Waals surface area contributed by atoms with Crippen molar-refractivity contribution in [2.75, 3.05) is 0 Å². The Morgan fingerprint density at radius 1 is 0.935 bits per heavy atom. The Bertz CT molecular complexity index is 1100. The summed E-state index contributed by atoms with van der Waals surface area (Å²) in [5.74, 6) is 0.286. The zero-order valence-corrected chi connectivity index (χ0v) is 18.7. The number of nitrogens with one attached hydrogen (secondary N) is 2. The van der Waals surface area contributed by atoms with Gasteiger partial charge in [-0.25, -0.2) is 0 Å². The van der Waals surface area contributed by atoms with Gasteiger partial charge in [-0.15, -0.1) is 0 Å². The summed E-state index contributed by atoms with van der Waals surface area (Å²) in [4.78, 5) is 25.6. The molecule has 2 N–H and O–H groups in total. The van der Waals surface area contributed by atoms with Gasteiger partial charge in [0.05, 0.1) is 0 Å². The van der Waals surface area contributed by atoms with Crippen molar-refractivity contribution in [3.8, 4) is 11.3 Å². The molecule has 2 amide bonds. The van der Waals surface area contributed by atoms with Gasteiger partial charge in [-0.1, -0.05) is 29.3 Å². The Labute approximate surface area is 187 Å². The van der Waals surface area contributed by atoms with E-state index in [9.17, 15) is 9.59 Å². The molecule has 5 nitrogen and oxygen atoms in total. The molecule has 0 spiro atoms. The average Bonchev–Trinajstić information content (AvgIpc) is 3.15. The van der Waals surface area contributed by atoms with E-state index in [1.165, 1.54) is 6.08 Å². The third-order valence-corrected chi connectivity index (χ3v) is 4.59. The Kier molecular flexibility index (Phi) is 6.66. The van der Waals surface area contributed by atoms with Crippen molar-refractivity contribution in [3.63, 3.8) is 0 Å². The molecule has 0 aliphatic rings. The van der Waals surface area contributed by atoms with Gasteiger partial charge in [0.2, 0.25) is 0 Å². The minimum Gasteiger partial charge on any atom is -0.457 e. The van der Waals surface area contributed by atoms with Crippen LogP contribution in [0.2, 0.25) is 5.02 Å². The molecule has 0 fully saturated rings. The first-order chi connectivity index (χ1) is 14.6. The molecule has 2 aromatic carbocycles. The lowest BCUT2D eigenvalue weighted by Crippen LogP contribution is -2.44. The summed E-state index contributed by atoms with van der Waals surface area (Å²) in [6, 6.07) is 17.9. The molecule has 160 valence electrons. The third-order valence-electron chi connectivity index (χ3n) is 4.34. The number of aryl methyl sites for hydroxylation is 1. The Morgan fingerprint density at radius 3 is 2.19 bits per heavy atom. The first-order valence-electron chi connectivity index (χ1n) is 9.89. The molecule has 3 aromatic rings. The van der Waals surface area contributed by atoms with Crippen LogP contribution in [0, 0.1) is 6.92 Å². The van der Waals surface area contributed by atoms with Crippen LogP contribution in [0.1, 0.15) is 42.5 Å². The largest absolute Gasteiger partial charge is 0.457 e. The number of hydrogen-bond donors (Lipinski definition) is 2. The minimum absolute atomic E-state index is 0.0949. The van der Waals surface area contributed by atoms with Crippen molar-refractivity contribution in [2.45, 2.75) is 33.2 Å². The lowest BCUT2D eigenvalue weighted by Gasteiger charge is -2.21. The Hall–Kier alpha value is -3.31. The standard InChI is InChI=1S/C25H25ClN2O3/c1-16-5-7-18(8-6-16)23(29)27-21(24(30)28-25(2,3)4)15-20-13-14-22(31-20)17-9-11-19(26)12-10-17/h5-15H,1-4H3,(H,27,29)(H,28,30)/b21-15+. The van der Waals surface area contributed by atoms with Gasteiger partial charge >= 0.3 is 0 Å². The number of halogens is 1. The van der Waals surface area contributed by atoms with E-state index in [0.717, 1.165) is 11.1 Å². The fourth-order valence-electron chi connectivity index (χ4n) is 2.81. The summed E-state index contributed by atoms with van der Waals surface area (Å²) in [7, 11) is 0. The first kappa shape index (κ1) is 22.4. The maximum absolute atomic E-state index is 12.8. The van der Waals surface area contributed by atoms with Crippen LogP contribution in [0.5, 0.6) is 0 Å². The predicted octanol–water partition coefficient (Wildman–Crippen LogP) is 5.59. The van der Waals surface area contributed by atoms with Crippen LogP contribution in [-0.2, 0) is 4.79 Å². The van der Waals surface area contributed by atoms with Gasteiger partial charge < -0.3 is 15.1 Å². The number of benzene rings is 2. The van der Waals surface area contributed by atoms with Gasteiger partial charge in [0, 0.05) is 27.8 Å². The highest BCUT2D eigenvalue weighted by atomic mass is 35.5. The lowest BCUT2D eigenvalue weighted by molar-refractivity contribution is -0.119. The molecule has 0 bridgehead atoms. The fraction of sp³-hybridized carbons (Fsp3) is 0.200. The molecule has 1 heterocycles. The second-order valence-electron chi connectivity index (χ2n) is 8.29. The van der Waals surface area contributed by atoms with E-state index in [2.05, 4.69) is 10.6 Å². The van der Waals surface area contributed by atoms with Crippen LogP contribution in [0.15, 0.2) is 70.8 Å². The molecule has 0 atom stereocenters. The second kappa shape index (κ2) is 9.23. The molecular weight excluding hydrogens is 412 g/mol. The van der Waals surface area contributed by atoms with E-state index in [1.54, 1.807) is 36.4 Å². The van der Waals surface area contributed by atoms with Crippen molar-refractivity contribution in [1.82, 2.24) is 10.6 Å². The zero-order valence-electron chi connectivity index (χ0n) is 18.0. The normalized spacial score (nSPS) is 11.8. The van der Waals surface area contributed by atoms with E-state index in [0.29, 0.717) is 22.1 Å². The highest BCUT2D eigenvalue weighted by Gasteiger charge is 2.20. The summed E-state index contributed by atoms with van der Waals surface area (Å²) in [5.41, 5.74) is 1.98. The number of carbonyl (C=O) groups is 2. The Morgan fingerprint density at radius 2 is 1.58 bits per heavy atom. The summed E-state index contributed by atoms with van der Waals surface area (Å²) in [6.07, 6.45) is 1.52. The van der Waals surface area contributed by atoms with Crippen molar-refractivity contribution < 1.29 is 14.0 Å². The summed E-state index contributed by atoms with van der Waals surface area (Å²) in [6.45, 7) is 7.56. The zero-order chi connectivity index (χ0) is 22.6. The van der Waals surface area contributed by atoms with Gasteiger partial charge in [0.25, 0.3) is 11.8 Å². The highest BCUT2D eigenvalue weighted by Crippen LogP contribution is 2.25. The number of amides is 2. The molecule has 1 aromatic heterocycles. The van der Waals surface area contributed by atoms with Gasteiger partial charge in [0.15, 0.2) is 0 Å². The van der Waals surface area contributed by atoms with Gasteiger partial charge in [-0.3, -0.25) is 9.59 Å². The summed E-state index contributed by atoms with van der Waals surface area (Å²) in [5, 5.41) is 6.22. The van der Waals surface area contributed by atoms with E-state index in [1.807, 2.05) is 52.0 Å². The first-order valence-corrected chi connectivity index (χ1v) is 10.3. The fourth-order valence-corrected chi connectivity index (χ4v) is 2.93. The monoisotopic (exact) mass is 436 g/mol. The van der Waals surface area contributed by atoms with Gasteiger partial charge in [-0.2, -0.15) is 0 Å². The van der Waals surface area contributed by atoms with Crippen molar-refractivity contribution in [2.24, 2.45) is 0 Å². The molecular formula is C25H25ClN2O3. The number of hydrogen-bond acceptors (Lipinski definition) is 3. The van der Waals surface area contributed by atoms with E-state index >= 15 is 0 Å². The average molecular weight is 437 g/mol. The number of furan rings is 1. The molecule has 0 aliphatic carbocycles. The molecule has 0 radical (unpaired) electrons. The van der Waals surface area contributed by atoms with Crippen LogP contribution >= 0.6 is 11.6 Å². The van der Waals surface area contributed by atoms with Gasteiger partial charge in [-0.05, 0) is 76.2 Å². The minimum atomic E-state index is -0.470. The second-order valence-corrected chi connectivity index (χ2v) is 8.73. The maximum atomic E-state index is 12.8. The van der Waals surface area contributed by atoms with Crippen LogP contribution in [0.3, 0.4) is 0 Å². The van der Waals surface area contributed by atoms with Crippen LogP contribution in [0.25, 0.3) is 17.4 Å². The van der Waals surface area contributed by atoms with E-state index in [4.69, 9.17) is 16.0 Å². The number of carbonyl (C=O) groups excluding carboxylic acids is 2. The molecule has 0 unspecified atom stereocenters. The van der Waals surface area contributed by atoms with Gasteiger partial charge in [0.1, 0.15) is 17.2 Å². The molecule has 0 saturated carbocycles. The molecule has 6 heteroatoms. The predicted molar refractivity (Wildman–Crippen MR) is 124 cm³/mol. The quantitative estimate of drug-likeness (QED) is 0.512. The van der Waals surface area contributed by atoms with Crippen LogP contribution < -0.4 is 10.6 Å². The SMILES string of the molecule is Cc1ccc(C(=O)N/C(=C/c2ccc(-c3ccc(Cl)cc3)o2)C(=O)NC(C)(C)C)cc1.